The minimum Gasteiger partial charge on any atom is -0.352 e. The summed E-state index contributed by atoms with van der Waals surface area (Å²) in [5.74, 6) is 0.566. The number of nitrogens with one attached hydrogen (secondary N) is 3. The Morgan fingerprint density at radius 1 is 1.00 bits per heavy atom. The summed E-state index contributed by atoms with van der Waals surface area (Å²) in [5, 5.41) is 9.24. The Morgan fingerprint density at radius 2 is 1.57 bits per heavy atom. The Balaban J connectivity index is 0.00000450. The number of guanidine groups is 1. The predicted octanol–water partition coefficient (Wildman–Crippen LogP) is 2.02. The van der Waals surface area contributed by atoms with E-state index in [9.17, 15) is 4.79 Å². The number of carbonyl (C=O) groups excluding carboxylic acids is 1. The number of hydrogen-bond acceptors (Lipinski definition) is 4. The molecular formula is C22H39IN6O. The number of piperazine rings is 1. The molecular weight excluding hydrogens is 491 g/mol. The second-order valence-electron chi connectivity index (χ2n) is 8.60. The van der Waals surface area contributed by atoms with Gasteiger partial charge in [0.05, 0.1) is 6.54 Å². The first kappa shape index (κ1) is 26.6. The highest BCUT2D eigenvalue weighted by atomic mass is 127. The quantitative estimate of drug-likeness (QED) is 0.286. The molecule has 0 saturated carbocycles. The van der Waals surface area contributed by atoms with Crippen LogP contribution in [0, 0.1) is 0 Å². The lowest BCUT2D eigenvalue weighted by molar-refractivity contribution is -0.121. The molecule has 1 aliphatic rings. The van der Waals surface area contributed by atoms with Gasteiger partial charge in [-0.25, -0.2) is 0 Å². The molecule has 3 N–H and O–H groups in total. The van der Waals surface area contributed by atoms with Gasteiger partial charge in [-0.15, -0.1) is 24.0 Å². The Hall–Kier alpha value is -1.39. The van der Waals surface area contributed by atoms with E-state index in [1.165, 1.54) is 24.2 Å². The SMILES string of the molecule is CCN1CCN(Cc2ccc(CNC(=NC)NCC(=O)NC(C)(C)C)cc2)CC1.I. The molecule has 1 saturated heterocycles. The Morgan fingerprint density at radius 3 is 2.10 bits per heavy atom. The maximum Gasteiger partial charge on any atom is 0.239 e. The van der Waals surface area contributed by atoms with Gasteiger partial charge in [0.2, 0.25) is 5.91 Å². The average molecular weight is 530 g/mol. The number of hydrogen-bond donors (Lipinski definition) is 3. The molecule has 7 nitrogen and oxygen atoms in total. The zero-order valence-electron chi connectivity index (χ0n) is 19.1. The van der Waals surface area contributed by atoms with Gasteiger partial charge < -0.3 is 20.9 Å². The van der Waals surface area contributed by atoms with Gasteiger partial charge in [-0.1, -0.05) is 31.2 Å². The Bertz CT molecular complexity index is 663. The molecule has 1 aromatic carbocycles. The maximum atomic E-state index is 11.9. The van der Waals surface area contributed by atoms with Crippen LogP contribution in [0.2, 0.25) is 0 Å². The fourth-order valence-corrected chi connectivity index (χ4v) is 3.32. The van der Waals surface area contributed by atoms with Crippen LogP contribution >= 0.6 is 24.0 Å². The number of rotatable bonds is 7. The number of nitrogens with zero attached hydrogens (tertiary/aromatic N) is 3. The van der Waals surface area contributed by atoms with Crippen LogP contribution in [-0.2, 0) is 17.9 Å². The number of benzene rings is 1. The van der Waals surface area contributed by atoms with E-state index >= 15 is 0 Å². The van der Waals surface area contributed by atoms with Crippen molar-refractivity contribution < 1.29 is 4.79 Å². The molecule has 0 radical (unpaired) electrons. The molecule has 1 heterocycles. The van der Waals surface area contributed by atoms with Gasteiger partial charge in [-0.05, 0) is 38.4 Å². The van der Waals surface area contributed by atoms with E-state index in [-0.39, 0.29) is 42.0 Å². The van der Waals surface area contributed by atoms with Gasteiger partial charge >= 0.3 is 0 Å². The normalized spacial score (nSPS) is 16.0. The van der Waals surface area contributed by atoms with Crippen LogP contribution < -0.4 is 16.0 Å². The summed E-state index contributed by atoms with van der Waals surface area (Å²) >= 11 is 0. The Labute approximate surface area is 199 Å². The van der Waals surface area contributed by atoms with Crippen LogP contribution in [0.1, 0.15) is 38.8 Å². The first-order valence-corrected chi connectivity index (χ1v) is 10.6. The van der Waals surface area contributed by atoms with Crippen LogP contribution in [0.3, 0.4) is 0 Å². The molecule has 0 spiro atoms. The van der Waals surface area contributed by atoms with Gasteiger partial charge in [0.1, 0.15) is 0 Å². The van der Waals surface area contributed by atoms with Crippen molar-refractivity contribution in [2.24, 2.45) is 4.99 Å². The fourth-order valence-electron chi connectivity index (χ4n) is 3.32. The standard InChI is InChI=1S/C22H38N6O.HI/c1-6-27-11-13-28(14-12-27)17-19-9-7-18(8-10-19)15-24-21(23-5)25-16-20(29)26-22(2,3)4;/h7-10H,6,11-17H2,1-5H3,(H,26,29)(H2,23,24,25);1H. The van der Waals surface area contributed by atoms with E-state index in [0.29, 0.717) is 12.5 Å². The van der Waals surface area contributed by atoms with Crippen molar-refractivity contribution >= 4 is 35.8 Å². The largest absolute Gasteiger partial charge is 0.352 e. The monoisotopic (exact) mass is 530 g/mol. The van der Waals surface area contributed by atoms with Crippen LogP contribution in [0.4, 0.5) is 0 Å². The highest BCUT2D eigenvalue weighted by molar-refractivity contribution is 14.0. The van der Waals surface area contributed by atoms with Crippen LogP contribution in [0.15, 0.2) is 29.3 Å². The molecule has 0 aliphatic carbocycles. The zero-order valence-corrected chi connectivity index (χ0v) is 21.5. The third-order valence-electron chi connectivity index (χ3n) is 4.96. The maximum absolute atomic E-state index is 11.9. The molecule has 0 aromatic heterocycles. The predicted molar refractivity (Wildman–Crippen MR) is 135 cm³/mol. The van der Waals surface area contributed by atoms with Gasteiger partial charge in [-0.2, -0.15) is 0 Å². The van der Waals surface area contributed by atoms with Crippen molar-refractivity contribution in [3.63, 3.8) is 0 Å². The second kappa shape index (κ2) is 13.1. The summed E-state index contributed by atoms with van der Waals surface area (Å²) in [6.45, 7) is 15.8. The zero-order chi connectivity index (χ0) is 21.3. The smallest absolute Gasteiger partial charge is 0.239 e. The van der Waals surface area contributed by atoms with Crippen LogP contribution in [0.5, 0.6) is 0 Å². The average Bonchev–Trinajstić information content (AvgIpc) is 2.68. The number of halogens is 1. The summed E-state index contributed by atoms with van der Waals surface area (Å²) in [6.07, 6.45) is 0. The summed E-state index contributed by atoms with van der Waals surface area (Å²) in [6, 6.07) is 8.72. The molecule has 1 amide bonds. The molecule has 0 unspecified atom stereocenters. The Kier molecular flexibility index (Phi) is 11.6. The van der Waals surface area contributed by atoms with Crippen molar-refractivity contribution in [1.29, 1.82) is 0 Å². The minimum absolute atomic E-state index is 0. The summed E-state index contributed by atoms with van der Waals surface area (Å²) in [4.78, 5) is 21.1. The van der Waals surface area contributed by atoms with E-state index in [1.54, 1.807) is 7.05 Å². The first-order valence-electron chi connectivity index (χ1n) is 10.6. The first-order chi connectivity index (χ1) is 13.8. The van der Waals surface area contributed by atoms with E-state index in [2.05, 4.69) is 61.9 Å². The highest BCUT2D eigenvalue weighted by Gasteiger charge is 2.15. The lowest BCUT2D eigenvalue weighted by Gasteiger charge is -2.34. The van der Waals surface area contributed by atoms with E-state index in [1.807, 2.05) is 20.8 Å². The van der Waals surface area contributed by atoms with E-state index in [4.69, 9.17) is 0 Å². The fraction of sp³-hybridized carbons (Fsp3) is 0.636. The third kappa shape index (κ3) is 10.1. The van der Waals surface area contributed by atoms with Crippen molar-refractivity contribution in [3.8, 4) is 0 Å². The van der Waals surface area contributed by atoms with Gasteiger partial charge in [-0.3, -0.25) is 14.7 Å². The minimum atomic E-state index is -0.235. The van der Waals surface area contributed by atoms with Gasteiger partial charge in [0.15, 0.2) is 5.96 Å². The van der Waals surface area contributed by atoms with E-state index < -0.39 is 0 Å². The molecule has 170 valence electrons. The van der Waals surface area contributed by atoms with Crippen LogP contribution in [0.25, 0.3) is 0 Å². The third-order valence-corrected chi connectivity index (χ3v) is 4.96. The number of likely N-dealkylation sites (N-methyl/N-ethyl adjacent to an activating group) is 1. The van der Waals surface area contributed by atoms with Crippen molar-refractivity contribution in [1.82, 2.24) is 25.8 Å². The number of aliphatic imine (C=N–C) groups is 1. The molecule has 8 heteroatoms. The van der Waals surface area contributed by atoms with Crippen molar-refractivity contribution in [3.05, 3.63) is 35.4 Å². The number of carbonyl (C=O) groups is 1. The van der Waals surface area contributed by atoms with Gasteiger partial charge in [0.25, 0.3) is 0 Å². The topological polar surface area (TPSA) is 72.0 Å². The molecule has 0 atom stereocenters. The summed E-state index contributed by atoms with van der Waals surface area (Å²) in [5.41, 5.74) is 2.30. The highest BCUT2D eigenvalue weighted by Crippen LogP contribution is 2.10. The van der Waals surface area contributed by atoms with Crippen molar-refractivity contribution in [2.45, 2.75) is 46.3 Å². The van der Waals surface area contributed by atoms with Gasteiger partial charge in [0, 0.05) is 51.9 Å². The second-order valence-corrected chi connectivity index (χ2v) is 8.60. The molecule has 2 rings (SSSR count). The molecule has 30 heavy (non-hydrogen) atoms. The molecule has 1 aromatic rings. The summed E-state index contributed by atoms with van der Waals surface area (Å²) in [7, 11) is 1.71. The van der Waals surface area contributed by atoms with E-state index in [0.717, 1.165) is 26.2 Å². The number of amides is 1. The lowest BCUT2D eigenvalue weighted by Crippen LogP contribution is -2.48. The van der Waals surface area contributed by atoms with Crippen LogP contribution in [-0.4, -0.2) is 73.5 Å². The molecule has 0 bridgehead atoms. The van der Waals surface area contributed by atoms with Crippen molar-refractivity contribution in [2.75, 3.05) is 46.3 Å². The molecule has 1 aliphatic heterocycles. The lowest BCUT2D eigenvalue weighted by atomic mass is 10.1. The molecule has 1 fully saturated rings. The summed E-state index contributed by atoms with van der Waals surface area (Å²) < 4.78 is 0.